The topological polar surface area (TPSA) is 108 Å². The number of methoxy groups -OCH3 is 1. The molecule has 0 radical (unpaired) electrons. The number of carbonyl (C=O) groups is 2. The molecule has 10 heteroatoms. The van der Waals surface area contributed by atoms with Crippen molar-refractivity contribution in [1.82, 2.24) is 4.90 Å². The van der Waals surface area contributed by atoms with Crippen LogP contribution < -0.4 is 0 Å². The van der Waals surface area contributed by atoms with Crippen molar-refractivity contribution in [3.05, 3.63) is 61.4 Å². The van der Waals surface area contributed by atoms with E-state index < -0.39 is 22.8 Å². The SMILES string of the molecule is CCOC(=O)C1=C(C)N(C)C(C)=C(C(=O)OCCOC)C1c1cc([N+](=O)[O-])ccc1Cl. The van der Waals surface area contributed by atoms with Crippen LogP contribution in [0.5, 0.6) is 0 Å². The molecule has 2 rings (SSSR count). The first-order chi connectivity index (χ1) is 14.6. The monoisotopic (exact) mass is 452 g/mol. The van der Waals surface area contributed by atoms with Crippen LogP contribution in [0.3, 0.4) is 0 Å². The van der Waals surface area contributed by atoms with Gasteiger partial charge in [0.2, 0.25) is 0 Å². The third kappa shape index (κ3) is 5.05. The largest absolute Gasteiger partial charge is 0.463 e. The Balaban J connectivity index is 2.75. The molecule has 0 aromatic heterocycles. The molecule has 0 spiro atoms. The highest BCUT2D eigenvalue weighted by Gasteiger charge is 2.41. The fourth-order valence-corrected chi connectivity index (χ4v) is 3.61. The van der Waals surface area contributed by atoms with Gasteiger partial charge < -0.3 is 19.1 Å². The number of benzene rings is 1. The summed E-state index contributed by atoms with van der Waals surface area (Å²) in [6.07, 6.45) is 0. The van der Waals surface area contributed by atoms with Crippen molar-refractivity contribution in [3.63, 3.8) is 0 Å². The van der Waals surface area contributed by atoms with Crippen LogP contribution in [0.25, 0.3) is 0 Å². The summed E-state index contributed by atoms with van der Waals surface area (Å²) in [6.45, 7) is 5.39. The molecule has 0 fully saturated rings. The zero-order valence-electron chi connectivity index (χ0n) is 18.1. The van der Waals surface area contributed by atoms with Gasteiger partial charge in [0, 0.05) is 42.7 Å². The minimum atomic E-state index is -1.00. The van der Waals surface area contributed by atoms with Crippen LogP contribution in [0.15, 0.2) is 40.7 Å². The highest BCUT2D eigenvalue weighted by atomic mass is 35.5. The van der Waals surface area contributed by atoms with E-state index in [2.05, 4.69) is 0 Å². The van der Waals surface area contributed by atoms with E-state index >= 15 is 0 Å². The molecule has 0 bridgehead atoms. The molecule has 168 valence electrons. The van der Waals surface area contributed by atoms with E-state index in [1.54, 1.807) is 32.7 Å². The average molecular weight is 453 g/mol. The van der Waals surface area contributed by atoms with Crippen molar-refractivity contribution in [2.75, 3.05) is 34.0 Å². The summed E-state index contributed by atoms with van der Waals surface area (Å²) in [5.41, 5.74) is 1.40. The van der Waals surface area contributed by atoms with Crippen LogP contribution in [0.1, 0.15) is 32.3 Å². The lowest BCUT2D eigenvalue weighted by Gasteiger charge is -2.36. The number of nitro benzene ring substituents is 1. The third-order valence-electron chi connectivity index (χ3n) is 5.10. The van der Waals surface area contributed by atoms with Crippen LogP contribution in [-0.4, -0.2) is 55.7 Å². The Labute approximate surface area is 185 Å². The van der Waals surface area contributed by atoms with E-state index in [4.69, 9.17) is 25.8 Å². The molecule has 0 amide bonds. The summed E-state index contributed by atoms with van der Waals surface area (Å²) >= 11 is 6.40. The van der Waals surface area contributed by atoms with E-state index in [-0.39, 0.29) is 47.2 Å². The second kappa shape index (κ2) is 10.4. The molecule has 0 saturated heterocycles. The van der Waals surface area contributed by atoms with Gasteiger partial charge in [-0.15, -0.1) is 0 Å². The van der Waals surface area contributed by atoms with Gasteiger partial charge >= 0.3 is 11.9 Å². The molecule has 1 heterocycles. The molecule has 1 aromatic carbocycles. The maximum absolute atomic E-state index is 13.1. The number of nitro groups is 1. The second-order valence-electron chi connectivity index (χ2n) is 6.80. The molecule has 9 nitrogen and oxygen atoms in total. The predicted octanol–water partition coefficient (Wildman–Crippen LogP) is 3.58. The first kappa shape index (κ1) is 24.4. The van der Waals surface area contributed by atoms with Crippen molar-refractivity contribution >= 4 is 29.2 Å². The number of hydrogen-bond donors (Lipinski definition) is 0. The van der Waals surface area contributed by atoms with Gasteiger partial charge in [-0.05, 0) is 32.4 Å². The van der Waals surface area contributed by atoms with Crippen LogP contribution >= 0.6 is 11.6 Å². The number of non-ortho nitro benzene ring substituents is 1. The molecule has 1 aliphatic rings. The Morgan fingerprint density at radius 3 is 2.23 bits per heavy atom. The highest BCUT2D eigenvalue weighted by molar-refractivity contribution is 6.31. The molecule has 0 aliphatic carbocycles. The molecule has 31 heavy (non-hydrogen) atoms. The zero-order chi connectivity index (χ0) is 23.3. The first-order valence-electron chi connectivity index (χ1n) is 9.57. The quantitative estimate of drug-likeness (QED) is 0.255. The summed E-state index contributed by atoms with van der Waals surface area (Å²) < 4.78 is 15.5. The van der Waals surface area contributed by atoms with Crippen molar-refractivity contribution in [2.24, 2.45) is 0 Å². The number of rotatable bonds is 8. The molecular weight excluding hydrogens is 428 g/mol. The van der Waals surface area contributed by atoms with Gasteiger partial charge in [-0.1, -0.05) is 11.6 Å². The van der Waals surface area contributed by atoms with Crippen LogP contribution in [-0.2, 0) is 23.8 Å². The van der Waals surface area contributed by atoms with Gasteiger partial charge in [0.25, 0.3) is 5.69 Å². The van der Waals surface area contributed by atoms with Gasteiger partial charge in [0.05, 0.1) is 35.2 Å². The van der Waals surface area contributed by atoms with E-state index in [0.717, 1.165) is 0 Å². The van der Waals surface area contributed by atoms with E-state index in [1.165, 1.54) is 25.3 Å². The maximum Gasteiger partial charge on any atom is 0.336 e. The average Bonchev–Trinajstić information content (AvgIpc) is 2.72. The first-order valence-corrected chi connectivity index (χ1v) is 9.95. The fraction of sp³-hybridized carbons (Fsp3) is 0.429. The Hall–Kier alpha value is -2.91. The predicted molar refractivity (Wildman–Crippen MR) is 113 cm³/mol. The highest BCUT2D eigenvalue weighted by Crippen LogP contribution is 2.45. The molecule has 1 aromatic rings. The van der Waals surface area contributed by atoms with Crippen molar-refractivity contribution in [3.8, 4) is 0 Å². The normalized spacial score (nSPS) is 16.5. The number of halogens is 1. The second-order valence-corrected chi connectivity index (χ2v) is 7.21. The molecule has 0 saturated carbocycles. The summed E-state index contributed by atoms with van der Waals surface area (Å²) in [5, 5.41) is 11.5. The summed E-state index contributed by atoms with van der Waals surface area (Å²) in [7, 11) is 3.18. The molecule has 1 unspecified atom stereocenters. The summed E-state index contributed by atoms with van der Waals surface area (Å²) in [4.78, 5) is 38.5. The Kier molecular flexibility index (Phi) is 8.18. The summed E-state index contributed by atoms with van der Waals surface area (Å²) in [6, 6.07) is 3.89. The standard InChI is InChI=1S/C21H25ClN2O7/c1-6-30-20(25)17-12(2)23(4)13(3)18(21(26)31-10-9-29-5)19(17)15-11-14(24(27)28)7-8-16(15)22/h7-8,11,19H,6,9-10H2,1-5H3. The van der Waals surface area contributed by atoms with E-state index in [0.29, 0.717) is 11.4 Å². The van der Waals surface area contributed by atoms with Crippen molar-refractivity contribution in [1.29, 1.82) is 0 Å². The Bertz CT molecular complexity index is 955. The van der Waals surface area contributed by atoms with Crippen LogP contribution in [0.2, 0.25) is 5.02 Å². The molecule has 1 aliphatic heterocycles. The number of allylic oxidation sites excluding steroid dienone is 2. The molecule has 1 atom stereocenters. The molecule has 0 N–H and O–H groups in total. The van der Waals surface area contributed by atoms with Crippen molar-refractivity contribution in [2.45, 2.75) is 26.7 Å². The lowest BCUT2D eigenvalue weighted by Crippen LogP contribution is -2.34. The molecular formula is C21H25ClN2O7. The number of nitrogens with zero attached hydrogens (tertiary/aromatic N) is 2. The maximum atomic E-state index is 13.1. The number of esters is 2. The Morgan fingerprint density at radius 1 is 1.13 bits per heavy atom. The minimum absolute atomic E-state index is 0.00263. The third-order valence-corrected chi connectivity index (χ3v) is 5.44. The zero-order valence-corrected chi connectivity index (χ0v) is 18.8. The van der Waals surface area contributed by atoms with Gasteiger partial charge in [0.1, 0.15) is 6.61 Å². The fourth-order valence-electron chi connectivity index (χ4n) is 3.39. The smallest absolute Gasteiger partial charge is 0.336 e. The minimum Gasteiger partial charge on any atom is -0.463 e. The van der Waals surface area contributed by atoms with Crippen LogP contribution in [0.4, 0.5) is 5.69 Å². The number of ether oxygens (including phenoxy) is 3. The van der Waals surface area contributed by atoms with Gasteiger partial charge in [-0.2, -0.15) is 0 Å². The van der Waals surface area contributed by atoms with Crippen molar-refractivity contribution < 1.29 is 28.7 Å². The van der Waals surface area contributed by atoms with Crippen LogP contribution in [0, 0.1) is 10.1 Å². The number of carbonyl (C=O) groups excluding carboxylic acids is 2. The van der Waals surface area contributed by atoms with Gasteiger partial charge in [-0.25, -0.2) is 9.59 Å². The van der Waals surface area contributed by atoms with Gasteiger partial charge in [-0.3, -0.25) is 10.1 Å². The lowest BCUT2D eigenvalue weighted by atomic mass is 9.79. The van der Waals surface area contributed by atoms with E-state index in [1.807, 2.05) is 0 Å². The lowest BCUT2D eigenvalue weighted by molar-refractivity contribution is -0.384. The van der Waals surface area contributed by atoms with Gasteiger partial charge in [0.15, 0.2) is 0 Å². The summed E-state index contributed by atoms with van der Waals surface area (Å²) in [5.74, 6) is -2.32. The number of hydrogen-bond acceptors (Lipinski definition) is 8. The Morgan fingerprint density at radius 2 is 1.71 bits per heavy atom. The van der Waals surface area contributed by atoms with E-state index in [9.17, 15) is 19.7 Å².